The number of rotatable bonds is 4. The molecule has 2 heterocycles. The quantitative estimate of drug-likeness (QED) is 0.916. The van der Waals surface area contributed by atoms with Crippen molar-refractivity contribution in [3.05, 3.63) is 35.4 Å². The predicted molar refractivity (Wildman–Crippen MR) is 97.9 cm³/mol. The molecule has 0 aromatic heterocycles. The van der Waals surface area contributed by atoms with E-state index >= 15 is 0 Å². The van der Waals surface area contributed by atoms with Gasteiger partial charge in [-0.2, -0.15) is 5.26 Å². The van der Waals surface area contributed by atoms with Crippen molar-refractivity contribution in [1.82, 2.24) is 9.80 Å². The van der Waals surface area contributed by atoms with Gasteiger partial charge in [-0.25, -0.2) is 0 Å². The van der Waals surface area contributed by atoms with Crippen LogP contribution in [0.5, 0.6) is 0 Å². The maximum atomic E-state index is 9.97. The van der Waals surface area contributed by atoms with Gasteiger partial charge in [0.05, 0.1) is 11.6 Å². The molecule has 1 atom stereocenters. The van der Waals surface area contributed by atoms with E-state index in [2.05, 4.69) is 21.9 Å². The van der Waals surface area contributed by atoms with E-state index in [9.17, 15) is 10.4 Å². The fraction of sp³-hybridized carbons (Fsp3) is 0.667. The smallest absolute Gasteiger partial charge is 0.0995 e. The third-order valence-electron chi connectivity index (χ3n) is 7.03. The second-order valence-corrected chi connectivity index (χ2v) is 8.30. The normalized spacial score (nSPS) is 27.3. The van der Waals surface area contributed by atoms with Gasteiger partial charge < -0.3 is 5.11 Å². The number of piperidine rings is 1. The highest BCUT2D eigenvalue weighted by Crippen LogP contribution is 2.47. The number of likely N-dealkylation sites (tertiary alicyclic amines) is 2. The molecule has 1 spiro atoms. The number of nitriles is 1. The molecule has 3 aliphatic rings. The van der Waals surface area contributed by atoms with Crippen LogP contribution in [-0.4, -0.2) is 53.7 Å². The summed E-state index contributed by atoms with van der Waals surface area (Å²) in [6, 6.07) is 11.1. The van der Waals surface area contributed by atoms with Crippen LogP contribution >= 0.6 is 0 Å². The van der Waals surface area contributed by atoms with Crippen molar-refractivity contribution in [3.63, 3.8) is 0 Å². The highest BCUT2D eigenvalue weighted by molar-refractivity contribution is 5.37. The van der Waals surface area contributed by atoms with Crippen LogP contribution in [0.25, 0.3) is 0 Å². The van der Waals surface area contributed by atoms with Crippen molar-refractivity contribution in [3.8, 4) is 6.07 Å². The standard InChI is InChI=1S/C21H29N3O/c22-12-17-4-1-2-5-18(17)13-23-10-8-21(9-11-23)16-24(14-19(21)15-25)20-6-3-7-20/h1-2,4-5,19-20,25H,3,6-11,13-16H2. The van der Waals surface area contributed by atoms with Gasteiger partial charge in [0, 0.05) is 38.2 Å². The average Bonchev–Trinajstić information content (AvgIpc) is 2.93. The van der Waals surface area contributed by atoms with Crippen LogP contribution in [-0.2, 0) is 6.54 Å². The number of aliphatic hydroxyl groups is 1. The summed E-state index contributed by atoms with van der Waals surface area (Å²) in [7, 11) is 0. The lowest BCUT2D eigenvalue weighted by Crippen LogP contribution is -2.45. The zero-order chi connectivity index (χ0) is 17.3. The number of nitrogens with zero attached hydrogens (tertiary/aromatic N) is 3. The Balaban J connectivity index is 1.39. The van der Waals surface area contributed by atoms with Crippen LogP contribution < -0.4 is 0 Å². The van der Waals surface area contributed by atoms with Crippen molar-refractivity contribution < 1.29 is 5.11 Å². The maximum absolute atomic E-state index is 9.97. The lowest BCUT2D eigenvalue weighted by Gasteiger charge is -2.43. The fourth-order valence-electron chi connectivity index (χ4n) is 5.09. The molecule has 1 saturated carbocycles. The molecule has 2 aliphatic heterocycles. The molecule has 0 radical (unpaired) electrons. The first-order valence-electron chi connectivity index (χ1n) is 9.79. The average molecular weight is 339 g/mol. The minimum atomic E-state index is 0.315. The van der Waals surface area contributed by atoms with Gasteiger partial charge in [-0.3, -0.25) is 9.80 Å². The molecule has 25 heavy (non-hydrogen) atoms. The molecular weight excluding hydrogens is 310 g/mol. The van der Waals surface area contributed by atoms with E-state index in [0.717, 1.165) is 43.3 Å². The lowest BCUT2D eigenvalue weighted by molar-refractivity contribution is 0.0454. The molecule has 4 heteroatoms. The van der Waals surface area contributed by atoms with E-state index in [-0.39, 0.29) is 0 Å². The Kier molecular flexibility index (Phi) is 4.82. The van der Waals surface area contributed by atoms with Gasteiger partial charge in [0.25, 0.3) is 0 Å². The van der Waals surface area contributed by atoms with Crippen molar-refractivity contribution in [2.24, 2.45) is 11.3 Å². The number of aliphatic hydroxyl groups excluding tert-OH is 1. The summed E-state index contributed by atoms with van der Waals surface area (Å²) in [6.07, 6.45) is 6.44. The Hall–Kier alpha value is -1.41. The van der Waals surface area contributed by atoms with Gasteiger partial charge in [-0.1, -0.05) is 24.6 Å². The summed E-state index contributed by atoms with van der Waals surface area (Å²) < 4.78 is 0. The van der Waals surface area contributed by atoms with Gasteiger partial charge in [0.2, 0.25) is 0 Å². The van der Waals surface area contributed by atoms with E-state index in [1.807, 2.05) is 18.2 Å². The highest BCUT2D eigenvalue weighted by Gasteiger charge is 2.49. The third kappa shape index (κ3) is 3.21. The molecule has 1 aromatic rings. The van der Waals surface area contributed by atoms with E-state index in [1.54, 1.807) is 0 Å². The Labute approximate surface area is 151 Å². The largest absolute Gasteiger partial charge is 0.396 e. The molecule has 1 N–H and O–H groups in total. The van der Waals surface area contributed by atoms with Crippen LogP contribution in [0.2, 0.25) is 0 Å². The Bertz CT molecular complexity index is 641. The summed E-state index contributed by atoms with van der Waals surface area (Å²) in [5.41, 5.74) is 2.26. The maximum Gasteiger partial charge on any atom is 0.0995 e. The topological polar surface area (TPSA) is 50.5 Å². The molecule has 4 rings (SSSR count). The molecule has 1 aromatic carbocycles. The summed E-state index contributed by atoms with van der Waals surface area (Å²) >= 11 is 0. The summed E-state index contributed by atoms with van der Waals surface area (Å²) in [5, 5.41) is 19.3. The first-order chi connectivity index (χ1) is 12.2. The molecule has 134 valence electrons. The van der Waals surface area contributed by atoms with Crippen molar-refractivity contribution in [2.75, 3.05) is 32.8 Å². The van der Waals surface area contributed by atoms with Gasteiger partial charge in [0.15, 0.2) is 0 Å². The summed E-state index contributed by atoms with van der Waals surface area (Å²) in [5.74, 6) is 0.446. The van der Waals surface area contributed by atoms with Crippen LogP contribution in [0.15, 0.2) is 24.3 Å². The molecule has 1 aliphatic carbocycles. The number of hydrogen-bond acceptors (Lipinski definition) is 4. The number of benzene rings is 1. The number of hydrogen-bond donors (Lipinski definition) is 1. The van der Waals surface area contributed by atoms with Crippen LogP contribution in [0.1, 0.15) is 43.2 Å². The van der Waals surface area contributed by atoms with Gasteiger partial charge in [0.1, 0.15) is 0 Å². The second kappa shape index (κ2) is 7.07. The molecule has 0 bridgehead atoms. The Morgan fingerprint density at radius 2 is 1.96 bits per heavy atom. The summed E-state index contributed by atoms with van der Waals surface area (Å²) in [6.45, 7) is 5.64. The third-order valence-corrected chi connectivity index (χ3v) is 7.03. The molecule has 4 nitrogen and oxygen atoms in total. The Morgan fingerprint density at radius 1 is 1.20 bits per heavy atom. The summed E-state index contributed by atoms with van der Waals surface area (Å²) in [4.78, 5) is 5.16. The van der Waals surface area contributed by atoms with Crippen molar-refractivity contribution in [1.29, 1.82) is 5.26 Å². The van der Waals surface area contributed by atoms with E-state index in [1.165, 1.54) is 38.6 Å². The minimum Gasteiger partial charge on any atom is -0.396 e. The zero-order valence-electron chi connectivity index (χ0n) is 15.0. The van der Waals surface area contributed by atoms with E-state index in [4.69, 9.17) is 0 Å². The van der Waals surface area contributed by atoms with E-state index < -0.39 is 0 Å². The van der Waals surface area contributed by atoms with Gasteiger partial charge in [-0.05, 0) is 55.8 Å². The van der Waals surface area contributed by atoms with Crippen LogP contribution in [0.3, 0.4) is 0 Å². The first-order valence-corrected chi connectivity index (χ1v) is 9.79. The second-order valence-electron chi connectivity index (χ2n) is 8.30. The SMILES string of the molecule is N#Cc1ccccc1CN1CCC2(CC1)CN(C1CCC1)CC2CO. The van der Waals surface area contributed by atoms with Crippen LogP contribution in [0.4, 0.5) is 0 Å². The van der Waals surface area contributed by atoms with Gasteiger partial charge >= 0.3 is 0 Å². The van der Waals surface area contributed by atoms with Crippen molar-refractivity contribution >= 4 is 0 Å². The minimum absolute atomic E-state index is 0.315. The van der Waals surface area contributed by atoms with Crippen molar-refractivity contribution in [2.45, 2.75) is 44.7 Å². The fourth-order valence-corrected chi connectivity index (χ4v) is 5.09. The molecule has 3 fully saturated rings. The Morgan fingerprint density at radius 3 is 2.60 bits per heavy atom. The first kappa shape index (κ1) is 17.0. The highest BCUT2D eigenvalue weighted by atomic mass is 16.3. The zero-order valence-corrected chi connectivity index (χ0v) is 15.0. The van der Waals surface area contributed by atoms with Gasteiger partial charge in [-0.15, -0.1) is 0 Å². The molecule has 1 unspecified atom stereocenters. The predicted octanol–water partition coefficient (Wildman–Crippen LogP) is 2.62. The van der Waals surface area contributed by atoms with E-state index in [0.29, 0.717) is 17.9 Å². The molecule has 0 amide bonds. The van der Waals surface area contributed by atoms with Crippen LogP contribution in [0, 0.1) is 22.7 Å². The lowest BCUT2D eigenvalue weighted by atomic mass is 9.71. The molecule has 2 saturated heterocycles. The monoisotopic (exact) mass is 339 g/mol. The molecular formula is C21H29N3O.